The fourth-order valence-corrected chi connectivity index (χ4v) is 1.51. The standard InChI is InChI=1S/C13H16FNO2/c1-4-7-15(9(2)3)13(17)11-6-5-10(14)8-12(11)16/h4-6,8-9,16H,1,7H2,2-3H3. The van der Waals surface area contributed by atoms with Crippen LogP contribution in [0.3, 0.4) is 0 Å². The molecule has 17 heavy (non-hydrogen) atoms. The van der Waals surface area contributed by atoms with Crippen LogP contribution in [0.25, 0.3) is 0 Å². The van der Waals surface area contributed by atoms with E-state index in [0.717, 1.165) is 12.1 Å². The van der Waals surface area contributed by atoms with E-state index < -0.39 is 5.82 Å². The number of nitrogens with zero attached hydrogens (tertiary/aromatic N) is 1. The van der Waals surface area contributed by atoms with Gasteiger partial charge in [0.25, 0.3) is 5.91 Å². The number of halogens is 1. The lowest BCUT2D eigenvalue weighted by molar-refractivity contribution is 0.0725. The number of amides is 1. The Morgan fingerprint density at radius 2 is 2.24 bits per heavy atom. The highest BCUT2D eigenvalue weighted by Crippen LogP contribution is 2.20. The van der Waals surface area contributed by atoms with Crippen molar-refractivity contribution >= 4 is 5.91 Å². The molecule has 0 spiro atoms. The van der Waals surface area contributed by atoms with Crippen LogP contribution in [-0.2, 0) is 0 Å². The Bertz CT molecular complexity index is 429. The Balaban J connectivity index is 3.05. The zero-order chi connectivity index (χ0) is 13.0. The first-order valence-electron chi connectivity index (χ1n) is 5.37. The van der Waals surface area contributed by atoms with Crippen LogP contribution in [0.2, 0.25) is 0 Å². The van der Waals surface area contributed by atoms with Crippen molar-refractivity contribution in [3.63, 3.8) is 0 Å². The van der Waals surface area contributed by atoms with Gasteiger partial charge < -0.3 is 10.0 Å². The first-order chi connectivity index (χ1) is 7.97. The second-order valence-corrected chi connectivity index (χ2v) is 4.00. The molecule has 92 valence electrons. The predicted octanol–water partition coefficient (Wildman–Crippen LogP) is 2.57. The van der Waals surface area contributed by atoms with Gasteiger partial charge >= 0.3 is 0 Å². The van der Waals surface area contributed by atoms with Crippen molar-refractivity contribution in [2.45, 2.75) is 19.9 Å². The largest absolute Gasteiger partial charge is 0.507 e. The van der Waals surface area contributed by atoms with Crippen molar-refractivity contribution in [3.8, 4) is 5.75 Å². The molecule has 4 heteroatoms. The number of hydrogen-bond acceptors (Lipinski definition) is 2. The second kappa shape index (κ2) is 5.48. The number of phenolic OH excluding ortho intramolecular Hbond substituents is 1. The van der Waals surface area contributed by atoms with Gasteiger partial charge in [-0.2, -0.15) is 0 Å². The maximum Gasteiger partial charge on any atom is 0.258 e. The topological polar surface area (TPSA) is 40.5 Å². The van der Waals surface area contributed by atoms with Crippen molar-refractivity contribution in [1.82, 2.24) is 4.90 Å². The molecule has 0 saturated carbocycles. The van der Waals surface area contributed by atoms with Gasteiger partial charge in [-0.3, -0.25) is 4.79 Å². The minimum Gasteiger partial charge on any atom is -0.507 e. The Morgan fingerprint density at radius 3 is 2.71 bits per heavy atom. The summed E-state index contributed by atoms with van der Waals surface area (Å²) in [5.41, 5.74) is 0.0990. The van der Waals surface area contributed by atoms with Gasteiger partial charge in [0.1, 0.15) is 11.6 Å². The monoisotopic (exact) mass is 237 g/mol. The minimum absolute atomic E-state index is 0.0232. The molecular weight excluding hydrogens is 221 g/mol. The summed E-state index contributed by atoms with van der Waals surface area (Å²) in [5, 5.41) is 9.55. The van der Waals surface area contributed by atoms with Crippen LogP contribution >= 0.6 is 0 Å². The summed E-state index contributed by atoms with van der Waals surface area (Å²) in [5.74, 6) is -1.25. The first kappa shape index (κ1) is 13.2. The molecular formula is C13H16FNO2. The fourth-order valence-electron chi connectivity index (χ4n) is 1.51. The summed E-state index contributed by atoms with van der Waals surface area (Å²) < 4.78 is 12.8. The maximum atomic E-state index is 12.8. The lowest BCUT2D eigenvalue weighted by Gasteiger charge is -2.25. The van der Waals surface area contributed by atoms with Crippen molar-refractivity contribution in [2.75, 3.05) is 6.54 Å². The Labute approximate surface area is 100 Å². The van der Waals surface area contributed by atoms with Crippen LogP contribution in [0.15, 0.2) is 30.9 Å². The molecule has 0 aliphatic heterocycles. The molecule has 1 rings (SSSR count). The van der Waals surface area contributed by atoms with Crippen molar-refractivity contribution in [1.29, 1.82) is 0 Å². The SMILES string of the molecule is C=CCN(C(=O)c1ccc(F)cc1O)C(C)C. The molecule has 0 unspecified atom stereocenters. The summed E-state index contributed by atoms with van der Waals surface area (Å²) in [6, 6.07) is 3.34. The fraction of sp³-hybridized carbons (Fsp3) is 0.308. The highest BCUT2D eigenvalue weighted by atomic mass is 19.1. The third-order valence-corrected chi connectivity index (χ3v) is 2.40. The summed E-state index contributed by atoms with van der Waals surface area (Å²) in [7, 11) is 0. The molecule has 3 nitrogen and oxygen atoms in total. The normalized spacial score (nSPS) is 10.4. The molecule has 0 radical (unpaired) electrons. The summed E-state index contributed by atoms with van der Waals surface area (Å²) in [6.45, 7) is 7.69. The molecule has 1 aromatic rings. The molecule has 0 heterocycles. The molecule has 0 fully saturated rings. The molecule has 1 N–H and O–H groups in total. The predicted molar refractivity (Wildman–Crippen MR) is 64.4 cm³/mol. The van der Waals surface area contributed by atoms with Crippen LogP contribution in [-0.4, -0.2) is 28.5 Å². The van der Waals surface area contributed by atoms with Crippen LogP contribution in [0.5, 0.6) is 5.75 Å². The third kappa shape index (κ3) is 3.06. The average molecular weight is 237 g/mol. The number of rotatable bonds is 4. The van der Waals surface area contributed by atoms with Crippen molar-refractivity contribution < 1.29 is 14.3 Å². The van der Waals surface area contributed by atoms with Gasteiger partial charge in [0, 0.05) is 18.7 Å². The number of aromatic hydroxyl groups is 1. The minimum atomic E-state index is -0.570. The van der Waals surface area contributed by atoms with Crippen LogP contribution in [0.4, 0.5) is 4.39 Å². The van der Waals surface area contributed by atoms with Gasteiger partial charge in [0.15, 0.2) is 0 Å². The Morgan fingerprint density at radius 1 is 1.59 bits per heavy atom. The Kier molecular flexibility index (Phi) is 4.26. The van der Waals surface area contributed by atoms with Gasteiger partial charge in [-0.05, 0) is 26.0 Å². The highest BCUT2D eigenvalue weighted by Gasteiger charge is 2.20. The maximum absolute atomic E-state index is 12.8. The highest BCUT2D eigenvalue weighted by molar-refractivity contribution is 5.97. The number of hydrogen-bond donors (Lipinski definition) is 1. The van der Waals surface area contributed by atoms with Gasteiger partial charge in [-0.25, -0.2) is 4.39 Å². The van der Waals surface area contributed by atoms with Crippen LogP contribution < -0.4 is 0 Å². The number of carbonyl (C=O) groups is 1. The van der Waals surface area contributed by atoms with E-state index in [1.54, 1.807) is 11.0 Å². The zero-order valence-corrected chi connectivity index (χ0v) is 9.98. The average Bonchev–Trinajstić information content (AvgIpc) is 2.24. The van der Waals surface area contributed by atoms with Gasteiger partial charge in [-0.15, -0.1) is 6.58 Å². The molecule has 1 amide bonds. The number of carbonyl (C=O) groups excluding carboxylic acids is 1. The molecule has 0 saturated heterocycles. The van der Waals surface area contributed by atoms with E-state index in [2.05, 4.69) is 6.58 Å². The van der Waals surface area contributed by atoms with Crippen molar-refractivity contribution in [2.24, 2.45) is 0 Å². The van der Waals surface area contributed by atoms with Gasteiger partial charge in [0.05, 0.1) is 5.56 Å². The van der Waals surface area contributed by atoms with Crippen molar-refractivity contribution in [3.05, 3.63) is 42.2 Å². The summed E-state index contributed by atoms with van der Waals surface area (Å²) in [4.78, 5) is 13.6. The van der Waals surface area contributed by atoms with Crippen LogP contribution in [0.1, 0.15) is 24.2 Å². The second-order valence-electron chi connectivity index (χ2n) is 4.00. The van der Waals surface area contributed by atoms with Crippen LogP contribution in [0, 0.1) is 5.82 Å². The van der Waals surface area contributed by atoms with E-state index >= 15 is 0 Å². The number of phenols is 1. The van der Waals surface area contributed by atoms with Gasteiger partial charge in [0.2, 0.25) is 0 Å². The smallest absolute Gasteiger partial charge is 0.258 e. The molecule has 0 aliphatic rings. The summed E-state index contributed by atoms with van der Waals surface area (Å²) in [6.07, 6.45) is 1.61. The summed E-state index contributed by atoms with van der Waals surface area (Å²) >= 11 is 0. The van der Waals surface area contributed by atoms with E-state index in [9.17, 15) is 14.3 Å². The molecule has 0 bridgehead atoms. The quantitative estimate of drug-likeness (QED) is 0.817. The van der Waals surface area contributed by atoms with E-state index in [1.165, 1.54) is 6.07 Å². The Hall–Kier alpha value is -1.84. The van der Waals surface area contributed by atoms with E-state index in [4.69, 9.17) is 0 Å². The third-order valence-electron chi connectivity index (χ3n) is 2.40. The van der Waals surface area contributed by atoms with E-state index in [0.29, 0.717) is 6.54 Å². The van der Waals surface area contributed by atoms with E-state index in [-0.39, 0.29) is 23.3 Å². The molecule has 1 aromatic carbocycles. The molecule has 0 atom stereocenters. The molecule has 0 aromatic heterocycles. The zero-order valence-electron chi connectivity index (χ0n) is 9.98. The van der Waals surface area contributed by atoms with Gasteiger partial charge in [-0.1, -0.05) is 6.08 Å². The van der Waals surface area contributed by atoms with E-state index in [1.807, 2.05) is 13.8 Å². The molecule has 0 aliphatic carbocycles. The number of benzene rings is 1. The lowest BCUT2D eigenvalue weighted by atomic mass is 10.1. The first-order valence-corrected chi connectivity index (χ1v) is 5.37. The lowest BCUT2D eigenvalue weighted by Crippen LogP contribution is -2.37.